The van der Waals surface area contributed by atoms with Crippen LogP contribution in [0.4, 0.5) is 5.69 Å². The van der Waals surface area contributed by atoms with Crippen molar-refractivity contribution >= 4 is 11.7 Å². The number of esters is 1. The monoisotopic (exact) mass is 370 g/mol. The summed E-state index contributed by atoms with van der Waals surface area (Å²) in [6, 6.07) is 11.5. The van der Waals surface area contributed by atoms with E-state index in [0.717, 1.165) is 25.3 Å². The van der Waals surface area contributed by atoms with Crippen LogP contribution in [0.1, 0.15) is 19.3 Å². The Morgan fingerprint density at radius 2 is 1.67 bits per heavy atom. The molecule has 0 aliphatic carbocycles. The number of nitrogens with zero attached hydrogens (tertiary/aromatic N) is 2. The van der Waals surface area contributed by atoms with Crippen LogP contribution in [0, 0.1) is 5.92 Å². The molecule has 1 fully saturated rings. The number of piperidine rings is 1. The van der Waals surface area contributed by atoms with Crippen LogP contribution in [0.25, 0.3) is 0 Å². The Kier molecular flexibility index (Phi) is 6.90. The molecular formula is C21H26N2O4. The lowest BCUT2D eigenvalue weighted by molar-refractivity contribution is -0.142. The van der Waals surface area contributed by atoms with Gasteiger partial charge in [0.2, 0.25) is 0 Å². The van der Waals surface area contributed by atoms with Crippen LogP contribution in [-0.4, -0.2) is 44.4 Å². The lowest BCUT2D eigenvalue weighted by atomic mass is 9.93. The minimum Gasteiger partial charge on any atom is -0.494 e. The molecule has 2 heterocycles. The average molecular weight is 370 g/mol. The Labute approximate surface area is 160 Å². The summed E-state index contributed by atoms with van der Waals surface area (Å²) in [6.07, 6.45) is 7.13. The SMILES string of the molecule is COC(=O)COc1ccc(OCCC2CCN(c3ccncc3)CC2)cc1. The van der Waals surface area contributed by atoms with E-state index in [4.69, 9.17) is 9.47 Å². The Morgan fingerprint density at radius 3 is 2.30 bits per heavy atom. The fourth-order valence-corrected chi connectivity index (χ4v) is 3.21. The molecule has 1 aliphatic rings. The second kappa shape index (κ2) is 9.80. The second-order valence-corrected chi connectivity index (χ2v) is 6.61. The summed E-state index contributed by atoms with van der Waals surface area (Å²) in [5, 5.41) is 0. The number of hydrogen-bond donors (Lipinski definition) is 0. The number of aromatic nitrogens is 1. The molecule has 144 valence electrons. The molecule has 6 nitrogen and oxygen atoms in total. The summed E-state index contributed by atoms with van der Waals surface area (Å²) >= 11 is 0. The van der Waals surface area contributed by atoms with Gasteiger partial charge in [-0.25, -0.2) is 4.79 Å². The predicted octanol–water partition coefficient (Wildman–Crippen LogP) is 3.32. The summed E-state index contributed by atoms with van der Waals surface area (Å²) < 4.78 is 15.7. The first-order chi connectivity index (χ1) is 13.2. The number of methoxy groups -OCH3 is 1. The second-order valence-electron chi connectivity index (χ2n) is 6.61. The molecule has 6 heteroatoms. The molecule has 3 rings (SSSR count). The highest BCUT2D eigenvalue weighted by Crippen LogP contribution is 2.25. The van der Waals surface area contributed by atoms with Gasteiger partial charge >= 0.3 is 5.97 Å². The van der Waals surface area contributed by atoms with E-state index in [0.29, 0.717) is 18.3 Å². The number of ether oxygens (including phenoxy) is 3. The number of pyridine rings is 1. The van der Waals surface area contributed by atoms with Gasteiger partial charge in [0, 0.05) is 31.2 Å². The van der Waals surface area contributed by atoms with Crippen molar-refractivity contribution in [3.05, 3.63) is 48.8 Å². The van der Waals surface area contributed by atoms with Crippen LogP contribution < -0.4 is 14.4 Å². The molecule has 0 unspecified atom stereocenters. The summed E-state index contributed by atoms with van der Waals surface area (Å²) in [6.45, 7) is 2.79. The molecule has 1 aromatic carbocycles. The zero-order valence-corrected chi connectivity index (χ0v) is 15.7. The molecule has 0 bridgehead atoms. The van der Waals surface area contributed by atoms with Gasteiger partial charge in [-0.2, -0.15) is 0 Å². The third-order valence-corrected chi connectivity index (χ3v) is 4.85. The first-order valence-electron chi connectivity index (χ1n) is 9.32. The van der Waals surface area contributed by atoms with Gasteiger partial charge < -0.3 is 19.1 Å². The van der Waals surface area contributed by atoms with E-state index in [1.165, 1.54) is 25.6 Å². The lowest BCUT2D eigenvalue weighted by Gasteiger charge is -2.33. The van der Waals surface area contributed by atoms with E-state index >= 15 is 0 Å². The Morgan fingerprint density at radius 1 is 1.04 bits per heavy atom. The molecule has 0 N–H and O–H groups in total. The Hall–Kier alpha value is -2.76. The van der Waals surface area contributed by atoms with Gasteiger partial charge in [0.15, 0.2) is 6.61 Å². The summed E-state index contributed by atoms with van der Waals surface area (Å²) in [4.78, 5) is 17.6. The largest absolute Gasteiger partial charge is 0.494 e. The summed E-state index contributed by atoms with van der Waals surface area (Å²) in [5.74, 6) is 1.74. The molecule has 1 aliphatic heterocycles. The molecular weight excluding hydrogens is 344 g/mol. The summed E-state index contributed by atoms with van der Waals surface area (Å²) in [5.41, 5.74) is 1.26. The van der Waals surface area contributed by atoms with Crippen LogP contribution in [0.5, 0.6) is 11.5 Å². The number of benzene rings is 1. The van der Waals surface area contributed by atoms with Crippen molar-refractivity contribution in [2.75, 3.05) is 38.3 Å². The molecule has 0 amide bonds. The van der Waals surface area contributed by atoms with Crippen molar-refractivity contribution in [3.8, 4) is 11.5 Å². The van der Waals surface area contributed by atoms with Crippen LogP contribution in [0.2, 0.25) is 0 Å². The van der Waals surface area contributed by atoms with Gasteiger partial charge in [0.1, 0.15) is 11.5 Å². The number of anilines is 1. The highest BCUT2D eigenvalue weighted by atomic mass is 16.6. The average Bonchev–Trinajstić information content (AvgIpc) is 2.74. The summed E-state index contributed by atoms with van der Waals surface area (Å²) in [7, 11) is 1.34. The minimum absolute atomic E-state index is 0.0884. The highest BCUT2D eigenvalue weighted by molar-refractivity contribution is 5.70. The van der Waals surface area contributed by atoms with Gasteiger partial charge in [-0.15, -0.1) is 0 Å². The molecule has 0 radical (unpaired) electrons. The van der Waals surface area contributed by atoms with Crippen LogP contribution in [-0.2, 0) is 9.53 Å². The third-order valence-electron chi connectivity index (χ3n) is 4.85. The van der Waals surface area contributed by atoms with Crippen LogP contribution >= 0.6 is 0 Å². The molecule has 0 spiro atoms. The highest BCUT2D eigenvalue weighted by Gasteiger charge is 2.19. The van der Waals surface area contributed by atoms with E-state index in [-0.39, 0.29) is 6.61 Å². The van der Waals surface area contributed by atoms with Crippen molar-refractivity contribution in [2.45, 2.75) is 19.3 Å². The molecule has 1 saturated heterocycles. The zero-order chi connectivity index (χ0) is 18.9. The van der Waals surface area contributed by atoms with Gasteiger partial charge in [-0.1, -0.05) is 0 Å². The standard InChI is InChI=1S/C21H26N2O4/c1-25-21(24)16-27-20-4-2-19(3-5-20)26-15-10-17-8-13-23(14-9-17)18-6-11-22-12-7-18/h2-7,11-12,17H,8-10,13-16H2,1H3. The quantitative estimate of drug-likeness (QED) is 0.665. The molecule has 27 heavy (non-hydrogen) atoms. The normalized spacial score (nSPS) is 14.6. The third kappa shape index (κ3) is 5.88. The van der Waals surface area contributed by atoms with Crippen molar-refractivity contribution < 1.29 is 19.0 Å². The van der Waals surface area contributed by atoms with E-state index in [9.17, 15) is 4.79 Å². The van der Waals surface area contributed by atoms with Crippen molar-refractivity contribution in [3.63, 3.8) is 0 Å². The fourth-order valence-electron chi connectivity index (χ4n) is 3.21. The maximum Gasteiger partial charge on any atom is 0.343 e. The number of rotatable bonds is 8. The first kappa shape index (κ1) is 19.0. The van der Waals surface area contributed by atoms with Gasteiger partial charge in [0.05, 0.1) is 13.7 Å². The van der Waals surface area contributed by atoms with Crippen molar-refractivity contribution in [2.24, 2.45) is 5.92 Å². The Balaban J connectivity index is 1.35. The van der Waals surface area contributed by atoms with E-state index in [2.05, 4.69) is 26.8 Å². The van der Waals surface area contributed by atoms with Crippen molar-refractivity contribution in [1.29, 1.82) is 0 Å². The molecule has 0 saturated carbocycles. The van der Waals surface area contributed by atoms with Crippen LogP contribution in [0.3, 0.4) is 0 Å². The topological polar surface area (TPSA) is 60.9 Å². The number of hydrogen-bond acceptors (Lipinski definition) is 6. The molecule has 0 atom stereocenters. The number of carbonyl (C=O) groups is 1. The zero-order valence-electron chi connectivity index (χ0n) is 15.7. The van der Waals surface area contributed by atoms with Gasteiger partial charge in [-0.3, -0.25) is 4.98 Å². The van der Waals surface area contributed by atoms with Crippen LogP contribution in [0.15, 0.2) is 48.8 Å². The smallest absolute Gasteiger partial charge is 0.343 e. The van der Waals surface area contributed by atoms with Gasteiger partial charge in [-0.05, 0) is 61.6 Å². The lowest BCUT2D eigenvalue weighted by Crippen LogP contribution is -2.34. The predicted molar refractivity (Wildman–Crippen MR) is 103 cm³/mol. The molecule has 1 aromatic heterocycles. The maximum atomic E-state index is 11.1. The Bertz CT molecular complexity index is 698. The van der Waals surface area contributed by atoms with E-state index < -0.39 is 5.97 Å². The fraction of sp³-hybridized carbons (Fsp3) is 0.429. The van der Waals surface area contributed by atoms with Crippen molar-refractivity contribution in [1.82, 2.24) is 4.98 Å². The maximum absolute atomic E-state index is 11.1. The minimum atomic E-state index is -0.398. The number of carbonyl (C=O) groups excluding carboxylic acids is 1. The first-order valence-corrected chi connectivity index (χ1v) is 9.32. The van der Waals surface area contributed by atoms with Gasteiger partial charge in [0.25, 0.3) is 0 Å². The van der Waals surface area contributed by atoms with E-state index in [1.54, 1.807) is 12.1 Å². The van der Waals surface area contributed by atoms with E-state index in [1.807, 2.05) is 24.5 Å². The molecule has 2 aromatic rings.